The molecular weight excluding hydrogens is 194 g/mol. The van der Waals surface area contributed by atoms with Gasteiger partial charge in [0.25, 0.3) is 0 Å². The first-order valence-corrected chi connectivity index (χ1v) is 9.52. The third kappa shape index (κ3) is 12.9. The van der Waals surface area contributed by atoms with Crippen LogP contribution in [0, 0.1) is 0 Å². The Morgan fingerprint density at radius 3 is 1.85 bits per heavy atom. The van der Waals surface area contributed by atoms with Crippen LogP contribution in [0.15, 0.2) is 0 Å². The number of unbranched alkanes of at least 4 members (excludes halogenated alkanes) is 7. The summed E-state index contributed by atoms with van der Waals surface area (Å²) in [6, 6.07) is 0. The zero-order valence-corrected chi connectivity index (χ0v) is 11.4. The van der Waals surface area contributed by atoms with Gasteiger partial charge in [-0.15, -0.1) is 8.27 Å². The molecule has 0 heterocycles. The maximum atomic E-state index is 2.32. The van der Waals surface area contributed by atoms with Crippen molar-refractivity contribution in [2.45, 2.75) is 58.3 Å². The van der Waals surface area contributed by atoms with Gasteiger partial charge in [-0.25, -0.2) is 0 Å². The fourth-order valence-corrected chi connectivity index (χ4v) is 3.43. The summed E-state index contributed by atoms with van der Waals surface area (Å²) < 4.78 is 0. The summed E-state index contributed by atoms with van der Waals surface area (Å²) in [6.45, 7) is 4.61. The molecule has 0 fully saturated rings. The van der Waals surface area contributed by atoms with Crippen molar-refractivity contribution in [1.29, 1.82) is 0 Å². The van der Waals surface area contributed by atoms with Crippen molar-refractivity contribution >= 4 is 16.5 Å². The van der Waals surface area contributed by atoms with Crippen molar-refractivity contribution in [3.8, 4) is 0 Å². The molecular formula is C11H26P2. The molecule has 2 unspecified atom stereocenters. The van der Waals surface area contributed by atoms with Gasteiger partial charge in [0.15, 0.2) is 0 Å². The van der Waals surface area contributed by atoms with Crippen LogP contribution in [0.2, 0.25) is 0 Å². The van der Waals surface area contributed by atoms with E-state index in [-0.39, 0.29) is 0 Å². The van der Waals surface area contributed by atoms with Crippen molar-refractivity contribution in [3.63, 3.8) is 0 Å². The van der Waals surface area contributed by atoms with Gasteiger partial charge in [0, 0.05) is 0 Å². The fraction of sp³-hybridized carbons (Fsp3) is 1.00. The van der Waals surface area contributed by atoms with Crippen LogP contribution in [0.5, 0.6) is 0 Å². The minimum absolute atomic E-state index is 1.20. The van der Waals surface area contributed by atoms with Gasteiger partial charge in [-0.05, 0) is 19.2 Å². The van der Waals surface area contributed by atoms with Crippen LogP contribution < -0.4 is 0 Å². The summed E-state index contributed by atoms with van der Waals surface area (Å²) in [5, 5.41) is 0. The zero-order chi connectivity index (χ0) is 9.78. The molecule has 0 aliphatic rings. The Bertz CT molecular complexity index is 74.2. The Morgan fingerprint density at radius 1 is 0.769 bits per heavy atom. The Labute approximate surface area is 88.1 Å². The molecule has 0 saturated heterocycles. The Morgan fingerprint density at radius 2 is 1.31 bits per heavy atom. The SMILES string of the molecule is CCCCCCCCCCPPC. The maximum absolute atomic E-state index is 2.32. The van der Waals surface area contributed by atoms with Gasteiger partial charge in [-0.2, -0.15) is 0 Å². The topological polar surface area (TPSA) is 0 Å². The van der Waals surface area contributed by atoms with E-state index in [0.717, 1.165) is 0 Å². The van der Waals surface area contributed by atoms with Crippen LogP contribution in [-0.2, 0) is 0 Å². The molecule has 0 saturated carbocycles. The molecule has 0 aromatic rings. The van der Waals surface area contributed by atoms with Crippen molar-refractivity contribution in [2.75, 3.05) is 12.8 Å². The zero-order valence-electron chi connectivity index (χ0n) is 9.36. The van der Waals surface area contributed by atoms with E-state index in [9.17, 15) is 0 Å². The molecule has 0 aromatic carbocycles. The first-order valence-electron chi connectivity index (χ1n) is 5.81. The number of rotatable bonds is 10. The average Bonchev–Trinajstić information content (AvgIpc) is 2.16. The molecule has 0 radical (unpaired) electrons. The number of hydrogen-bond donors (Lipinski definition) is 0. The van der Waals surface area contributed by atoms with E-state index in [0.29, 0.717) is 0 Å². The monoisotopic (exact) mass is 220 g/mol. The third-order valence-corrected chi connectivity index (χ3v) is 5.10. The fourth-order valence-electron chi connectivity index (χ4n) is 1.47. The summed E-state index contributed by atoms with van der Waals surface area (Å²) in [4.78, 5) is 0. The van der Waals surface area contributed by atoms with Gasteiger partial charge in [-0.1, -0.05) is 60.1 Å². The average molecular weight is 220 g/mol. The lowest BCUT2D eigenvalue weighted by Crippen LogP contribution is -1.81. The van der Waals surface area contributed by atoms with E-state index in [1.807, 2.05) is 0 Å². The van der Waals surface area contributed by atoms with Crippen LogP contribution >= 0.6 is 16.5 Å². The summed E-state index contributed by atoms with van der Waals surface area (Å²) in [6.07, 6.45) is 13.2. The first-order chi connectivity index (χ1) is 6.41. The second-order valence-electron chi connectivity index (χ2n) is 3.65. The normalized spacial score (nSPS) is 12.5. The van der Waals surface area contributed by atoms with E-state index in [1.165, 1.54) is 74.1 Å². The molecule has 2 atom stereocenters. The number of hydrogen-bond acceptors (Lipinski definition) is 0. The van der Waals surface area contributed by atoms with E-state index in [2.05, 4.69) is 13.6 Å². The third-order valence-electron chi connectivity index (χ3n) is 2.33. The van der Waals surface area contributed by atoms with Gasteiger partial charge in [-0.3, -0.25) is 0 Å². The molecule has 0 nitrogen and oxygen atoms in total. The molecule has 0 N–H and O–H groups in total. The molecule has 0 aliphatic heterocycles. The summed E-state index contributed by atoms with van der Waals surface area (Å²) in [5.41, 5.74) is 0. The molecule has 2 heteroatoms. The van der Waals surface area contributed by atoms with Gasteiger partial charge in [0.1, 0.15) is 0 Å². The van der Waals surface area contributed by atoms with Crippen LogP contribution in [0.25, 0.3) is 0 Å². The quantitative estimate of drug-likeness (QED) is 0.358. The summed E-state index contributed by atoms with van der Waals surface area (Å²) in [7, 11) is 2.45. The smallest absolute Gasteiger partial charge is 0.0317 e. The van der Waals surface area contributed by atoms with E-state index in [1.54, 1.807) is 0 Å². The lowest BCUT2D eigenvalue weighted by Gasteiger charge is -2.00. The molecule has 0 aromatic heterocycles. The Hall–Kier alpha value is 0.860. The predicted octanol–water partition coefficient (Wildman–Crippen LogP) is 5.03. The van der Waals surface area contributed by atoms with Crippen LogP contribution in [-0.4, -0.2) is 12.8 Å². The highest BCUT2D eigenvalue weighted by molar-refractivity contribution is 8.11. The standard InChI is InChI=1S/C11H26P2/c1-3-4-5-6-7-8-9-10-11-13-12-2/h12-13H,3-11H2,1-2H3. The molecule has 0 aliphatic carbocycles. The van der Waals surface area contributed by atoms with E-state index >= 15 is 0 Å². The highest BCUT2D eigenvalue weighted by Gasteiger charge is 1.90. The van der Waals surface area contributed by atoms with Gasteiger partial charge in [0.05, 0.1) is 0 Å². The van der Waals surface area contributed by atoms with Gasteiger partial charge < -0.3 is 0 Å². The Balaban J connectivity index is 2.76. The Kier molecular flexibility index (Phi) is 13.7. The van der Waals surface area contributed by atoms with Gasteiger partial charge >= 0.3 is 0 Å². The van der Waals surface area contributed by atoms with Gasteiger partial charge in [0.2, 0.25) is 0 Å². The van der Waals surface area contributed by atoms with Crippen molar-refractivity contribution in [1.82, 2.24) is 0 Å². The second kappa shape index (κ2) is 12.9. The largest absolute Gasteiger partial charge is 0.102 e. The van der Waals surface area contributed by atoms with Crippen LogP contribution in [0.3, 0.4) is 0 Å². The van der Waals surface area contributed by atoms with Crippen molar-refractivity contribution in [2.24, 2.45) is 0 Å². The van der Waals surface area contributed by atoms with Crippen LogP contribution in [0.1, 0.15) is 58.3 Å². The molecule has 0 amide bonds. The molecule has 0 spiro atoms. The van der Waals surface area contributed by atoms with Crippen LogP contribution in [0.4, 0.5) is 0 Å². The molecule has 0 bridgehead atoms. The highest BCUT2D eigenvalue weighted by atomic mass is 32.0. The van der Waals surface area contributed by atoms with E-state index < -0.39 is 0 Å². The predicted molar refractivity (Wildman–Crippen MR) is 70.0 cm³/mol. The molecule has 13 heavy (non-hydrogen) atoms. The highest BCUT2D eigenvalue weighted by Crippen LogP contribution is 2.33. The minimum Gasteiger partial charge on any atom is -0.102 e. The molecule has 0 rings (SSSR count). The maximum Gasteiger partial charge on any atom is -0.0317 e. The summed E-state index contributed by atoms with van der Waals surface area (Å²) in [5.74, 6) is 0. The van der Waals surface area contributed by atoms with Crippen molar-refractivity contribution < 1.29 is 0 Å². The van der Waals surface area contributed by atoms with E-state index in [4.69, 9.17) is 0 Å². The summed E-state index contributed by atoms with van der Waals surface area (Å²) >= 11 is 0. The lowest BCUT2D eigenvalue weighted by molar-refractivity contribution is 0.586. The second-order valence-corrected chi connectivity index (χ2v) is 7.57. The minimum atomic E-state index is 1.20. The van der Waals surface area contributed by atoms with Crippen molar-refractivity contribution in [3.05, 3.63) is 0 Å². The first kappa shape index (κ1) is 13.9. The molecule has 80 valence electrons. The lowest BCUT2D eigenvalue weighted by atomic mass is 10.1.